The monoisotopic (exact) mass is 313 g/mol. The van der Waals surface area contributed by atoms with Gasteiger partial charge >= 0.3 is 0 Å². The van der Waals surface area contributed by atoms with Gasteiger partial charge in [-0.1, -0.05) is 42.5 Å². The first-order valence-electron chi connectivity index (χ1n) is 6.76. The van der Waals surface area contributed by atoms with Gasteiger partial charge in [-0.05, 0) is 17.7 Å². The fourth-order valence-corrected chi connectivity index (χ4v) is 2.75. The molecule has 0 bridgehead atoms. The number of aromatic nitrogens is 3. The van der Waals surface area contributed by atoms with Crippen molar-refractivity contribution in [3.63, 3.8) is 0 Å². The van der Waals surface area contributed by atoms with Gasteiger partial charge in [0.2, 0.25) is 0 Å². The molecule has 5 nitrogen and oxygen atoms in total. The van der Waals surface area contributed by atoms with Crippen molar-refractivity contribution in [2.45, 2.75) is 11.4 Å². The maximum absolute atomic E-state index is 11.4. The van der Waals surface area contributed by atoms with Crippen LogP contribution in [0.15, 0.2) is 65.8 Å². The Morgan fingerprint density at radius 3 is 2.32 bits per heavy atom. The van der Waals surface area contributed by atoms with E-state index in [9.17, 15) is 8.42 Å². The molecule has 0 spiro atoms. The molecular weight excluding hydrogens is 298 g/mol. The van der Waals surface area contributed by atoms with E-state index in [0.717, 1.165) is 11.1 Å². The van der Waals surface area contributed by atoms with E-state index >= 15 is 0 Å². The molecule has 22 heavy (non-hydrogen) atoms. The lowest BCUT2D eigenvalue weighted by Crippen LogP contribution is -2.02. The lowest BCUT2D eigenvalue weighted by Gasteiger charge is -2.03. The van der Waals surface area contributed by atoms with Crippen LogP contribution in [0.5, 0.6) is 0 Å². The summed E-state index contributed by atoms with van der Waals surface area (Å²) >= 11 is 0. The number of rotatable bonds is 4. The molecule has 112 valence electrons. The van der Waals surface area contributed by atoms with Gasteiger partial charge in [0.05, 0.1) is 11.4 Å². The fourth-order valence-electron chi connectivity index (χ4n) is 2.12. The smallest absolute Gasteiger partial charge is 0.181 e. The average Bonchev–Trinajstić information content (AvgIpc) is 2.96. The third-order valence-corrected chi connectivity index (χ3v) is 4.39. The van der Waals surface area contributed by atoms with Crippen LogP contribution in [0.3, 0.4) is 0 Å². The van der Waals surface area contributed by atoms with E-state index in [-0.39, 0.29) is 0 Å². The summed E-state index contributed by atoms with van der Waals surface area (Å²) in [6, 6.07) is 16.6. The standard InChI is InChI=1S/C16H15N3O2S/c1-22(20,21)15-9-7-13(8-10-15)11-19-12-17-16(18-19)14-5-3-2-4-6-14/h2-10,12H,11H2,1H3. The number of benzene rings is 2. The van der Waals surface area contributed by atoms with Crippen LogP contribution < -0.4 is 0 Å². The first kappa shape index (κ1) is 14.5. The topological polar surface area (TPSA) is 64.8 Å². The summed E-state index contributed by atoms with van der Waals surface area (Å²) < 4.78 is 24.6. The second kappa shape index (κ2) is 5.73. The molecule has 0 atom stereocenters. The minimum absolute atomic E-state index is 0.319. The van der Waals surface area contributed by atoms with E-state index in [4.69, 9.17) is 0 Å². The Hall–Kier alpha value is -2.47. The van der Waals surface area contributed by atoms with Crippen molar-refractivity contribution < 1.29 is 8.42 Å². The van der Waals surface area contributed by atoms with Gasteiger partial charge in [-0.3, -0.25) is 0 Å². The molecule has 0 aliphatic heterocycles. The van der Waals surface area contributed by atoms with E-state index in [1.54, 1.807) is 35.3 Å². The summed E-state index contributed by atoms with van der Waals surface area (Å²) in [6.07, 6.45) is 2.87. The second-order valence-corrected chi connectivity index (χ2v) is 7.06. The lowest BCUT2D eigenvalue weighted by atomic mass is 10.2. The Morgan fingerprint density at radius 1 is 1.00 bits per heavy atom. The zero-order chi connectivity index (χ0) is 15.6. The van der Waals surface area contributed by atoms with E-state index < -0.39 is 9.84 Å². The molecule has 2 aromatic carbocycles. The van der Waals surface area contributed by atoms with Crippen molar-refractivity contribution in [2.24, 2.45) is 0 Å². The van der Waals surface area contributed by atoms with Gasteiger partial charge in [0.15, 0.2) is 15.7 Å². The first-order chi connectivity index (χ1) is 10.5. The number of hydrogen-bond acceptors (Lipinski definition) is 4. The van der Waals surface area contributed by atoms with Gasteiger partial charge in [0.1, 0.15) is 6.33 Å². The van der Waals surface area contributed by atoms with Gasteiger partial charge in [-0.2, -0.15) is 5.10 Å². The highest BCUT2D eigenvalue weighted by atomic mass is 32.2. The zero-order valence-electron chi connectivity index (χ0n) is 12.0. The predicted molar refractivity (Wildman–Crippen MR) is 84.1 cm³/mol. The van der Waals surface area contributed by atoms with Crippen molar-refractivity contribution >= 4 is 9.84 Å². The number of hydrogen-bond donors (Lipinski definition) is 0. The molecule has 3 rings (SSSR count). The predicted octanol–water partition coefficient (Wildman–Crippen LogP) is 2.40. The molecule has 0 aliphatic carbocycles. The normalized spacial score (nSPS) is 11.5. The highest BCUT2D eigenvalue weighted by molar-refractivity contribution is 7.90. The molecule has 0 fully saturated rings. The van der Waals surface area contributed by atoms with Crippen LogP contribution in [0.2, 0.25) is 0 Å². The summed E-state index contributed by atoms with van der Waals surface area (Å²) in [5, 5.41) is 4.43. The third-order valence-electron chi connectivity index (χ3n) is 3.26. The molecule has 0 saturated carbocycles. The molecular formula is C16H15N3O2S. The Labute approximate surface area is 129 Å². The zero-order valence-corrected chi connectivity index (χ0v) is 12.9. The van der Waals surface area contributed by atoms with E-state index in [1.807, 2.05) is 30.3 Å². The molecule has 0 aliphatic rings. The van der Waals surface area contributed by atoms with Crippen LogP contribution >= 0.6 is 0 Å². The Kier molecular flexibility index (Phi) is 3.77. The van der Waals surface area contributed by atoms with Crippen molar-refractivity contribution in [1.82, 2.24) is 14.8 Å². The quantitative estimate of drug-likeness (QED) is 0.742. The maximum Gasteiger partial charge on any atom is 0.181 e. The highest BCUT2D eigenvalue weighted by Crippen LogP contribution is 2.14. The van der Waals surface area contributed by atoms with Crippen LogP contribution in [0, 0.1) is 0 Å². The van der Waals surface area contributed by atoms with Crippen molar-refractivity contribution in [3.05, 3.63) is 66.5 Å². The fraction of sp³-hybridized carbons (Fsp3) is 0.125. The third kappa shape index (κ3) is 3.23. The Balaban J connectivity index is 1.78. The second-order valence-electron chi connectivity index (χ2n) is 5.05. The van der Waals surface area contributed by atoms with E-state index in [0.29, 0.717) is 17.3 Å². The summed E-state index contributed by atoms with van der Waals surface area (Å²) in [6.45, 7) is 0.546. The van der Waals surface area contributed by atoms with Gasteiger partial charge in [0, 0.05) is 11.8 Å². The maximum atomic E-state index is 11.4. The minimum Gasteiger partial charge on any atom is -0.248 e. The van der Waals surface area contributed by atoms with Gasteiger partial charge < -0.3 is 0 Å². The summed E-state index contributed by atoms with van der Waals surface area (Å²) in [4.78, 5) is 4.61. The molecule has 3 aromatic rings. The summed E-state index contributed by atoms with van der Waals surface area (Å²) in [5.74, 6) is 0.674. The van der Waals surface area contributed by atoms with Gasteiger partial charge in [-0.15, -0.1) is 0 Å². The molecule has 6 heteroatoms. The molecule has 0 saturated heterocycles. The Bertz CT molecular complexity index is 869. The van der Waals surface area contributed by atoms with Gasteiger partial charge in [0.25, 0.3) is 0 Å². The molecule has 0 unspecified atom stereocenters. The van der Waals surface area contributed by atoms with Crippen LogP contribution in [-0.4, -0.2) is 29.4 Å². The molecule has 0 N–H and O–H groups in total. The largest absolute Gasteiger partial charge is 0.248 e. The van der Waals surface area contributed by atoms with Gasteiger partial charge in [-0.25, -0.2) is 18.1 Å². The number of sulfone groups is 1. The van der Waals surface area contributed by atoms with Crippen molar-refractivity contribution in [3.8, 4) is 11.4 Å². The lowest BCUT2D eigenvalue weighted by molar-refractivity contribution is 0.602. The van der Waals surface area contributed by atoms with Crippen LogP contribution in [0.25, 0.3) is 11.4 Å². The van der Waals surface area contributed by atoms with Crippen molar-refractivity contribution in [1.29, 1.82) is 0 Å². The number of nitrogens with zero attached hydrogens (tertiary/aromatic N) is 3. The van der Waals surface area contributed by atoms with Crippen LogP contribution in [0.1, 0.15) is 5.56 Å². The van der Waals surface area contributed by atoms with E-state index in [2.05, 4.69) is 10.1 Å². The van der Waals surface area contributed by atoms with Crippen LogP contribution in [-0.2, 0) is 16.4 Å². The van der Waals surface area contributed by atoms with E-state index in [1.165, 1.54) is 6.26 Å². The summed E-state index contributed by atoms with van der Waals surface area (Å²) in [7, 11) is -3.16. The Morgan fingerprint density at radius 2 is 1.68 bits per heavy atom. The SMILES string of the molecule is CS(=O)(=O)c1ccc(Cn2cnc(-c3ccccc3)n2)cc1. The van der Waals surface area contributed by atoms with Crippen LogP contribution in [0.4, 0.5) is 0 Å². The highest BCUT2D eigenvalue weighted by Gasteiger charge is 2.07. The summed E-state index contributed by atoms with van der Waals surface area (Å²) in [5.41, 5.74) is 1.94. The average molecular weight is 313 g/mol. The molecule has 0 amide bonds. The minimum atomic E-state index is -3.16. The first-order valence-corrected chi connectivity index (χ1v) is 8.65. The molecule has 0 radical (unpaired) electrons. The van der Waals surface area contributed by atoms with Crippen molar-refractivity contribution in [2.75, 3.05) is 6.26 Å². The molecule has 1 heterocycles. The molecule has 1 aromatic heterocycles.